The van der Waals surface area contributed by atoms with Gasteiger partial charge in [0, 0.05) is 18.6 Å². The van der Waals surface area contributed by atoms with E-state index in [4.69, 9.17) is 5.73 Å². The highest BCUT2D eigenvalue weighted by atomic mass is 15.0. The summed E-state index contributed by atoms with van der Waals surface area (Å²) in [6, 6.07) is 20.0. The minimum atomic E-state index is 0.236. The normalized spacial score (nSPS) is 16.2. The molecule has 2 nitrogen and oxygen atoms in total. The average molecular weight is 278 g/mol. The zero-order valence-corrected chi connectivity index (χ0v) is 12.2. The van der Waals surface area contributed by atoms with Gasteiger partial charge in [-0.05, 0) is 29.5 Å². The summed E-state index contributed by atoms with van der Waals surface area (Å²) in [6.07, 6.45) is 6.70. The molecule has 0 saturated carbocycles. The van der Waals surface area contributed by atoms with Crippen molar-refractivity contribution in [3.8, 4) is 11.1 Å². The second-order valence-electron chi connectivity index (χ2n) is 5.58. The van der Waals surface area contributed by atoms with E-state index in [9.17, 15) is 0 Å². The number of hydrogen-bond acceptors (Lipinski definition) is 2. The fourth-order valence-electron chi connectivity index (χ4n) is 2.88. The van der Waals surface area contributed by atoms with Gasteiger partial charge >= 0.3 is 0 Å². The highest BCUT2D eigenvalue weighted by molar-refractivity contribution is 5.63. The molecule has 21 heavy (non-hydrogen) atoms. The highest BCUT2D eigenvalue weighted by Crippen LogP contribution is 2.23. The average Bonchev–Trinajstić information content (AvgIpc) is 3.07. The lowest BCUT2D eigenvalue weighted by molar-refractivity contribution is 0.453. The molecule has 3 N–H and O–H groups in total. The molecular weight excluding hydrogens is 256 g/mol. The van der Waals surface area contributed by atoms with Crippen molar-refractivity contribution in [2.75, 3.05) is 6.54 Å². The Bertz CT molecular complexity index is 579. The first kappa shape index (κ1) is 14.1. The Kier molecular flexibility index (Phi) is 4.49. The molecule has 1 aliphatic rings. The maximum absolute atomic E-state index is 5.95. The molecule has 0 spiro atoms. The third-order valence-electron chi connectivity index (χ3n) is 4.10. The SMILES string of the molecule is NCC(NC1CC=CC1)c1ccc(-c2ccccc2)cc1. The van der Waals surface area contributed by atoms with Crippen LogP contribution in [0.2, 0.25) is 0 Å². The first-order valence-corrected chi connectivity index (χ1v) is 7.63. The molecule has 0 aliphatic heterocycles. The van der Waals surface area contributed by atoms with Crippen LogP contribution in [0.3, 0.4) is 0 Å². The molecule has 2 aromatic rings. The van der Waals surface area contributed by atoms with Crippen LogP contribution in [0.4, 0.5) is 0 Å². The molecule has 1 unspecified atom stereocenters. The fourth-order valence-corrected chi connectivity index (χ4v) is 2.88. The van der Waals surface area contributed by atoms with Gasteiger partial charge in [0.15, 0.2) is 0 Å². The van der Waals surface area contributed by atoms with Crippen molar-refractivity contribution in [1.82, 2.24) is 5.32 Å². The molecule has 1 atom stereocenters. The molecule has 0 amide bonds. The van der Waals surface area contributed by atoms with E-state index in [2.05, 4.69) is 66.0 Å². The second kappa shape index (κ2) is 6.70. The van der Waals surface area contributed by atoms with E-state index in [1.807, 2.05) is 6.07 Å². The highest BCUT2D eigenvalue weighted by Gasteiger charge is 2.16. The first-order chi connectivity index (χ1) is 10.4. The van der Waals surface area contributed by atoms with E-state index in [1.54, 1.807) is 0 Å². The summed E-state index contributed by atoms with van der Waals surface area (Å²) in [6.45, 7) is 0.626. The molecule has 2 heteroatoms. The smallest absolute Gasteiger partial charge is 0.0446 e. The van der Waals surface area contributed by atoms with E-state index in [0.29, 0.717) is 12.6 Å². The Morgan fingerprint density at radius 3 is 2.14 bits per heavy atom. The van der Waals surface area contributed by atoms with Gasteiger partial charge in [0.1, 0.15) is 0 Å². The number of benzene rings is 2. The summed E-state index contributed by atoms with van der Waals surface area (Å²) in [7, 11) is 0. The lowest BCUT2D eigenvalue weighted by Gasteiger charge is -2.22. The Balaban J connectivity index is 1.73. The summed E-state index contributed by atoms with van der Waals surface area (Å²) in [4.78, 5) is 0. The van der Waals surface area contributed by atoms with E-state index < -0.39 is 0 Å². The minimum absolute atomic E-state index is 0.236. The molecule has 3 rings (SSSR count). The zero-order chi connectivity index (χ0) is 14.5. The van der Waals surface area contributed by atoms with Crippen LogP contribution in [0.15, 0.2) is 66.7 Å². The monoisotopic (exact) mass is 278 g/mol. The third-order valence-corrected chi connectivity index (χ3v) is 4.10. The van der Waals surface area contributed by atoms with Gasteiger partial charge in [-0.2, -0.15) is 0 Å². The second-order valence-corrected chi connectivity index (χ2v) is 5.58. The van der Waals surface area contributed by atoms with Crippen molar-refractivity contribution in [2.45, 2.75) is 24.9 Å². The summed E-state index contributed by atoms with van der Waals surface area (Å²) in [5.74, 6) is 0. The van der Waals surface area contributed by atoms with Gasteiger partial charge in [-0.3, -0.25) is 0 Å². The predicted molar refractivity (Wildman–Crippen MR) is 89.0 cm³/mol. The van der Waals surface area contributed by atoms with Crippen LogP contribution in [-0.2, 0) is 0 Å². The van der Waals surface area contributed by atoms with Gasteiger partial charge in [0.2, 0.25) is 0 Å². The van der Waals surface area contributed by atoms with Crippen molar-refractivity contribution in [3.63, 3.8) is 0 Å². The number of nitrogens with one attached hydrogen (secondary N) is 1. The van der Waals surface area contributed by atoms with Crippen LogP contribution in [0.25, 0.3) is 11.1 Å². The van der Waals surface area contributed by atoms with Crippen LogP contribution in [0.5, 0.6) is 0 Å². The maximum atomic E-state index is 5.95. The van der Waals surface area contributed by atoms with E-state index >= 15 is 0 Å². The minimum Gasteiger partial charge on any atom is -0.329 e. The quantitative estimate of drug-likeness (QED) is 0.819. The van der Waals surface area contributed by atoms with Crippen LogP contribution >= 0.6 is 0 Å². The van der Waals surface area contributed by atoms with Crippen LogP contribution in [0, 0.1) is 0 Å². The van der Waals surface area contributed by atoms with Crippen molar-refractivity contribution in [1.29, 1.82) is 0 Å². The standard InChI is InChI=1S/C19H22N2/c20-14-19(21-18-8-4-5-9-18)17-12-10-16(11-13-17)15-6-2-1-3-7-15/h1-7,10-13,18-19,21H,8-9,14,20H2. The Hall–Kier alpha value is -1.90. The molecule has 1 aliphatic carbocycles. The van der Waals surface area contributed by atoms with E-state index in [0.717, 1.165) is 12.8 Å². The summed E-state index contributed by atoms with van der Waals surface area (Å²) < 4.78 is 0. The Morgan fingerprint density at radius 1 is 0.905 bits per heavy atom. The topological polar surface area (TPSA) is 38.0 Å². The predicted octanol–water partition coefficient (Wildman–Crippen LogP) is 3.66. The zero-order valence-electron chi connectivity index (χ0n) is 12.2. The number of hydrogen-bond donors (Lipinski definition) is 2. The molecule has 0 heterocycles. The molecule has 0 radical (unpaired) electrons. The molecule has 0 bridgehead atoms. The van der Waals surface area contributed by atoms with Gasteiger partial charge in [0.25, 0.3) is 0 Å². The maximum Gasteiger partial charge on any atom is 0.0446 e. The van der Waals surface area contributed by atoms with Crippen molar-refractivity contribution >= 4 is 0 Å². The van der Waals surface area contributed by atoms with E-state index in [-0.39, 0.29) is 6.04 Å². The molecule has 0 aromatic heterocycles. The third kappa shape index (κ3) is 3.41. The molecule has 0 saturated heterocycles. The van der Waals surface area contributed by atoms with Crippen LogP contribution in [0.1, 0.15) is 24.4 Å². The van der Waals surface area contributed by atoms with Crippen LogP contribution in [-0.4, -0.2) is 12.6 Å². The van der Waals surface area contributed by atoms with Gasteiger partial charge in [-0.1, -0.05) is 66.7 Å². The van der Waals surface area contributed by atoms with Gasteiger partial charge in [-0.15, -0.1) is 0 Å². The van der Waals surface area contributed by atoms with Gasteiger partial charge in [0.05, 0.1) is 0 Å². The van der Waals surface area contributed by atoms with Crippen LogP contribution < -0.4 is 11.1 Å². The number of nitrogens with two attached hydrogens (primary N) is 1. The van der Waals surface area contributed by atoms with Crippen molar-refractivity contribution < 1.29 is 0 Å². The summed E-state index contributed by atoms with van der Waals surface area (Å²) >= 11 is 0. The van der Waals surface area contributed by atoms with E-state index in [1.165, 1.54) is 16.7 Å². The van der Waals surface area contributed by atoms with Gasteiger partial charge in [-0.25, -0.2) is 0 Å². The molecular formula is C19H22N2. The molecule has 108 valence electrons. The molecule has 0 fully saturated rings. The van der Waals surface area contributed by atoms with Crippen molar-refractivity contribution in [3.05, 3.63) is 72.3 Å². The Morgan fingerprint density at radius 2 is 1.52 bits per heavy atom. The lowest BCUT2D eigenvalue weighted by atomic mass is 10.00. The lowest BCUT2D eigenvalue weighted by Crippen LogP contribution is -2.35. The van der Waals surface area contributed by atoms with Crippen molar-refractivity contribution in [2.24, 2.45) is 5.73 Å². The number of rotatable bonds is 5. The summed E-state index contributed by atoms with van der Waals surface area (Å²) in [5, 5.41) is 3.65. The molecule has 2 aromatic carbocycles. The van der Waals surface area contributed by atoms with Gasteiger partial charge < -0.3 is 11.1 Å². The fraction of sp³-hybridized carbons (Fsp3) is 0.263. The Labute approximate surface area is 126 Å². The summed E-state index contributed by atoms with van der Waals surface area (Å²) in [5.41, 5.74) is 9.72. The first-order valence-electron chi connectivity index (χ1n) is 7.63. The largest absolute Gasteiger partial charge is 0.329 e.